The predicted octanol–water partition coefficient (Wildman–Crippen LogP) is 3.12. The van der Waals surface area contributed by atoms with Crippen molar-refractivity contribution in [1.29, 1.82) is 0 Å². The van der Waals surface area contributed by atoms with Gasteiger partial charge in [0, 0.05) is 5.56 Å². The summed E-state index contributed by atoms with van der Waals surface area (Å²) in [6.07, 6.45) is 0. The monoisotopic (exact) mass is 147 g/mol. The van der Waals surface area contributed by atoms with E-state index in [1.54, 1.807) is 12.1 Å². The molecule has 0 N–H and O–H groups in total. The molecule has 0 aliphatic heterocycles. The molecule has 0 saturated carbocycles. The van der Waals surface area contributed by atoms with Crippen molar-refractivity contribution in [1.82, 2.24) is 0 Å². The summed E-state index contributed by atoms with van der Waals surface area (Å²) in [7, 11) is 0. The Hall–Kier alpha value is -1.44. The van der Waals surface area contributed by atoms with Gasteiger partial charge in [-0.3, -0.25) is 0 Å². The van der Waals surface area contributed by atoms with Crippen molar-refractivity contribution >= 4 is 11.3 Å². The normalized spacial score (nSPS) is 9.18. The van der Waals surface area contributed by atoms with Crippen molar-refractivity contribution in [3.8, 4) is 0 Å². The third kappa shape index (κ3) is 1.52. The third-order valence-electron chi connectivity index (χ3n) is 1.46. The summed E-state index contributed by atoms with van der Waals surface area (Å²) < 4.78 is 0. The van der Waals surface area contributed by atoms with Crippen LogP contribution in [0, 0.1) is 4.91 Å². The first-order valence-corrected chi connectivity index (χ1v) is 3.34. The van der Waals surface area contributed by atoms with Crippen LogP contribution < -0.4 is 0 Å². The minimum absolute atomic E-state index is 0.458. The van der Waals surface area contributed by atoms with Crippen LogP contribution in [-0.4, -0.2) is 0 Å². The molecule has 0 radical (unpaired) electrons. The number of allylic oxidation sites excluding steroid dienone is 1. The highest BCUT2D eigenvalue weighted by Gasteiger charge is 1.99. The largest absolute Gasteiger partial charge is 0.145 e. The first kappa shape index (κ1) is 7.66. The van der Waals surface area contributed by atoms with Crippen LogP contribution in [0.15, 0.2) is 36.0 Å². The zero-order valence-electron chi connectivity index (χ0n) is 6.37. The lowest BCUT2D eigenvalue weighted by Gasteiger charge is -1.99. The smallest absolute Gasteiger partial charge is 0.115 e. The fourth-order valence-corrected chi connectivity index (χ4v) is 0.914. The Balaban J connectivity index is 3.22. The van der Waals surface area contributed by atoms with Gasteiger partial charge in [-0.25, -0.2) is 0 Å². The van der Waals surface area contributed by atoms with E-state index in [0.29, 0.717) is 5.69 Å². The molecule has 0 aromatic heterocycles. The zero-order chi connectivity index (χ0) is 8.27. The van der Waals surface area contributed by atoms with Crippen LogP contribution in [0.3, 0.4) is 0 Å². The summed E-state index contributed by atoms with van der Waals surface area (Å²) in [5.41, 5.74) is 2.14. The number of rotatable bonds is 2. The molecule has 0 atom stereocenters. The van der Waals surface area contributed by atoms with Gasteiger partial charge < -0.3 is 0 Å². The molecule has 0 amide bonds. The maximum absolute atomic E-state index is 10.2. The molecule has 0 bridgehead atoms. The van der Waals surface area contributed by atoms with Crippen LogP contribution in [0.25, 0.3) is 5.57 Å². The molecular weight excluding hydrogens is 138 g/mol. The fraction of sp³-hybridized carbons (Fsp3) is 0.111. The van der Waals surface area contributed by atoms with Crippen molar-refractivity contribution in [2.45, 2.75) is 6.92 Å². The van der Waals surface area contributed by atoms with Crippen LogP contribution in [0.4, 0.5) is 5.69 Å². The van der Waals surface area contributed by atoms with E-state index in [0.717, 1.165) is 11.1 Å². The molecule has 1 rings (SSSR count). The van der Waals surface area contributed by atoms with E-state index in [9.17, 15) is 4.91 Å². The lowest BCUT2D eigenvalue weighted by molar-refractivity contribution is 1.45. The van der Waals surface area contributed by atoms with E-state index in [2.05, 4.69) is 11.8 Å². The quantitative estimate of drug-likeness (QED) is 0.591. The van der Waals surface area contributed by atoms with Gasteiger partial charge in [-0.05, 0) is 23.7 Å². The fourth-order valence-electron chi connectivity index (χ4n) is 0.914. The third-order valence-corrected chi connectivity index (χ3v) is 1.46. The van der Waals surface area contributed by atoms with Crippen LogP contribution in [-0.2, 0) is 0 Å². The Morgan fingerprint density at radius 2 is 2.09 bits per heavy atom. The Bertz CT molecular complexity index is 291. The van der Waals surface area contributed by atoms with Crippen molar-refractivity contribution in [3.63, 3.8) is 0 Å². The average molecular weight is 147 g/mol. The lowest BCUT2D eigenvalue weighted by atomic mass is 10.1. The molecule has 0 saturated heterocycles. The predicted molar refractivity (Wildman–Crippen MR) is 46.6 cm³/mol. The second kappa shape index (κ2) is 3.10. The highest BCUT2D eigenvalue weighted by Crippen LogP contribution is 2.23. The Morgan fingerprint density at radius 1 is 1.45 bits per heavy atom. The first-order chi connectivity index (χ1) is 5.25. The molecule has 1 aromatic rings. The first-order valence-electron chi connectivity index (χ1n) is 3.34. The minimum Gasteiger partial charge on any atom is -0.145 e. The second-order valence-electron chi connectivity index (χ2n) is 2.39. The highest BCUT2D eigenvalue weighted by atomic mass is 16.3. The minimum atomic E-state index is 0.458. The lowest BCUT2D eigenvalue weighted by Crippen LogP contribution is -1.76. The van der Waals surface area contributed by atoms with Crippen molar-refractivity contribution in [2.75, 3.05) is 0 Å². The van der Waals surface area contributed by atoms with Crippen molar-refractivity contribution < 1.29 is 0 Å². The van der Waals surface area contributed by atoms with E-state index in [-0.39, 0.29) is 0 Å². The SMILES string of the molecule is C=C(C)c1ccccc1N=O. The molecular formula is C9H9NO. The van der Waals surface area contributed by atoms with Crippen molar-refractivity contribution in [2.24, 2.45) is 5.18 Å². The maximum Gasteiger partial charge on any atom is 0.115 e. The van der Waals surface area contributed by atoms with Crippen LogP contribution >= 0.6 is 0 Å². The van der Waals surface area contributed by atoms with Gasteiger partial charge in [-0.15, -0.1) is 4.91 Å². The molecule has 2 heteroatoms. The van der Waals surface area contributed by atoms with Gasteiger partial charge >= 0.3 is 0 Å². The van der Waals surface area contributed by atoms with Gasteiger partial charge in [0.05, 0.1) is 0 Å². The number of nitroso groups, excluding NO2 is 1. The molecule has 0 heterocycles. The molecule has 0 aliphatic carbocycles. The molecule has 1 aromatic carbocycles. The number of benzene rings is 1. The topological polar surface area (TPSA) is 29.4 Å². The maximum atomic E-state index is 10.2. The van der Waals surface area contributed by atoms with E-state index in [1.807, 2.05) is 19.1 Å². The number of nitrogens with zero attached hydrogens (tertiary/aromatic N) is 1. The summed E-state index contributed by atoms with van der Waals surface area (Å²) in [6, 6.07) is 7.15. The molecule has 11 heavy (non-hydrogen) atoms. The Kier molecular flexibility index (Phi) is 2.16. The molecule has 0 unspecified atom stereocenters. The van der Waals surface area contributed by atoms with Gasteiger partial charge in [0.2, 0.25) is 0 Å². The summed E-state index contributed by atoms with van der Waals surface area (Å²) in [5.74, 6) is 0. The zero-order valence-corrected chi connectivity index (χ0v) is 6.37. The number of hydrogen-bond donors (Lipinski definition) is 0. The van der Waals surface area contributed by atoms with Gasteiger partial charge in [0.25, 0.3) is 0 Å². The molecule has 0 spiro atoms. The van der Waals surface area contributed by atoms with E-state index in [1.165, 1.54) is 0 Å². The van der Waals surface area contributed by atoms with Gasteiger partial charge in [-0.1, -0.05) is 24.8 Å². The summed E-state index contributed by atoms with van der Waals surface area (Å²) in [5, 5.41) is 2.88. The molecule has 56 valence electrons. The van der Waals surface area contributed by atoms with Gasteiger partial charge in [0.1, 0.15) is 5.69 Å². The Labute approximate surface area is 65.5 Å². The van der Waals surface area contributed by atoms with E-state index < -0.39 is 0 Å². The molecule has 2 nitrogen and oxygen atoms in total. The average Bonchev–Trinajstić information content (AvgIpc) is 2.04. The van der Waals surface area contributed by atoms with Crippen LogP contribution in [0.5, 0.6) is 0 Å². The van der Waals surface area contributed by atoms with Crippen LogP contribution in [0.2, 0.25) is 0 Å². The summed E-state index contributed by atoms with van der Waals surface area (Å²) in [6.45, 7) is 5.59. The highest BCUT2D eigenvalue weighted by molar-refractivity contribution is 5.71. The standard InChI is InChI=1S/C9H9NO/c1-7(2)8-5-3-4-6-9(8)10-11/h3-6H,1H2,2H3. The van der Waals surface area contributed by atoms with Crippen LogP contribution in [0.1, 0.15) is 12.5 Å². The van der Waals surface area contributed by atoms with Gasteiger partial charge in [0.15, 0.2) is 0 Å². The molecule has 0 fully saturated rings. The number of hydrogen-bond acceptors (Lipinski definition) is 2. The summed E-state index contributed by atoms with van der Waals surface area (Å²) >= 11 is 0. The van der Waals surface area contributed by atoms with Crippen molar-refractivity contribution in [3.05, 3.63) is 41.3 Å². The summed E-state index contributed by atoms with van der Waals surface area (Å²) in [4.78, 5) is 10.2. The second-order valence-corrected chi connectivity index (χ2v) is 2.39. The van der Waals surface area contributed by atoms with E-state index in [4.69, 9.17) is 0 Å². The molecule has 0 aliphatic rings. The Morgan fingerprint density at radius 3 is 2.55 bits per heavy atom. The van der Waals surface area contributed by atoms with E-state index >= 15 is 0 Å². The van der Waals surface area contributed by atoms with Gasteiger partial charge in [-0.2, -0.15) is 0 Å².